The summed E-state index contributed by atoms with van der Waals surface area (Å²) in [5, 5.41) is 7.77. The summed E-state index contributed by atoms with van der Waals surface area (Å²) in [6.07, 6.45) is 1.67. The lowest BCUT2D eigenvalue weighted by Gasteiger charge is -2.15. The molecular weight excluding hydrogens is 386 g/mol. The number of benzene rings is 2. The lowest BCUT2D eigenvalue weighted by atomic mass is 9.99. The molecule has 0 fully saturated rings. The van der Waals surface area contributed by atoms with Crippen molar-refractivity contribution in [2.75, 3.05) is 11.9 Å². The van der Waals surface area contributed by atoms with E-state index in [1.54, 1.807) is 6.08 Å². The van der Waals surface area contributed by atoms with Crippen molar-refractivity contribution in [3.05, 3.63) is 78.0 Å². The van der Waals surface area contributed by atoms with E-state index in [0.29, 0.717) is 12.3 Å². The molecule has 5 heteroatoms. The molecule has 0 atom stereocenters. The molecule has 3 aromatic rings. The number of amides is 1. The summed E-state index contributed by atoms with van der Waals surface area (Å²) in [6, 6.07) is 15.7. The van der Waals surface area contributed by atoms with E-state index in [1.165, 1.54) is 11.1 Å². The van der Waals surface area contributed by atoms with E-state index in [-0.39, 0.29) is 11.3 Å². The van der Waals surface area contributed by atoms with Crippen LogP contribution in [0.5, 0.6) is 0 Å². The fourth-order valence-electron chi connectivity index (χ4n) is 2.57. The zero-order chi connectivity index (χ0) is 23.0. The number of carbonyl (C=O) groups excluding carboxylic acids is 1. The van der Waals surface area contributed by atoms with Gasteiger partial charge in [0.2, 0.25) is 0 Å². The number of aryl methyl sites for hydroxylation is 2. The predicted octanol–water partition coefficient (Wildman–Crippen LogP) is 6.65. The molecule has 0 unspecified atom stereocenters. The Kier molecular flexibility index (Phi) is 8.20. The van der Waals surface area contributed by atoms with Crippen molar-refractivity contribution < 1.29 is 9.63 Å². The topological polar surface area (TPSA) is 66.5 Å². The maximum atomic E-state index is 12.2. The molecule has 0 radical (unpaired) electrons. The first-order valence-corrected chi connectivity index (χ1v) is 10.3. The second-order valence-electron chi connectivity index (χ2n) is 8.86. The van der Waals surface area contributed by atoms with Gasteiger partial charge in [0, 0.05) is 16.6 Å². The molecule has 0 aliphatic rings. The third-order valence-electron chi connectivity index (χ3n) is 4.33. The summed E-state index contributed by atoms with van der Waals surface area (Å²) in [5.41, 5.74) is 5.69. The molecule has 1 amide bonds. The number of aromatic nitrogens is 1. The number of rotatable bonds is 5. The molecule has 164 valence electrons. The fourth-order valence-corrected chi connectivity index (χ4v) is 2.57. The van der Waals surface area contributed by atoms with Crippen LogP contribution in [0.15, 0.2) is 66.3 Å². The highest BCUT2D eigenvalue weighted by Crippen LogP contribution is 2.18. The third kappa shape index (κ3) is 8.13. The van der Waals surface area contributed by atoms with Crippen molar-refractivity contribution in [1.29, 1.82) is 0 Å². The van der Waals surface area contributed by atoms with Gasteiger partial charge in [-0.15, -0.1) is 0 Å². The van der Waals surface area contributed by atoms with Gasteiger partial charge in [0.05, 0.1) is 5.71 Å². The van der Waals surface area contributed by atoms with Crippen LogP contribution in [-0.4, -0.2) is 23.2 Å². The van der Waals surface area contributed by atoms with E-state index in [0.717, 1.165) is 22.3 Å². The number of fused-ring (bicyclic) bond motifs is 1. The number of nitrogens with one attached hydrogen (secondary N) is 2. The summed E-state index contributed by atoms with van der Waals surface area (Å²) < 4.78 is 0. The van der Waals surface area contributed by atoms with Gasteiger partial charge in [-0.25, -0.2) is 0 Å². The minimum absolute atomic E-state index is 0.122. The van der Waals surface area contributed by atoms with Gasteiger partial charge in [-0.3, -0.25) is 4.79 Å². The van der Waals surface area contributed by atoms with Gasteiger partial charge in [-0.1, -0.05) is 61.8 Å². The molecule has 1 heterocycles. The fraction of sp³-hybridized carbons (Fsp3) is 0.308. The van der Waals surface area contributed by atoms with Crippen LogP contribution in [0.1, 0.15) is 49.3 Å². The standard InChI is InChI=1S/C17H16N2O.C9H17NO/c1-11-3-6-14(7-4-11)18-17(20)16-10-13-9-12(2)5-8-15(13)19-16;1-6-8(2)10-11-7-9(3,4)5/h3-10,19H,1-2H3,(H,18,20);6H,1,7H2,2-5H3/b;10-8-. The largest absolute Gasteiger partial charge is 0.395 e. The van der Waals surface area contributed by atoms with Gasteiger partial charge in [0.25, 0.3) is 5.91 Å². The average molecular weight is 420 g/mol. The average Bonchev–Trinajstić information content (AvgIpc) is 3.12. The zero-order valence-corrected chi connectivity index (χ0v) is 19.4. The highest BCUT2D eigenvalue weighted by molar-refractivity contribution is 6.06. The number of hydrogen-bond donors (Lipinski definition) is 2. The van der Waals surface area contributed by atoms with Crippen LogP contribution >= 0.6 is 0 Å². The molecule has 0 aliphatic carbocycles. The van der Waals surface area contributed by atoms with Crippen LogP contribution < -0.4 is 5.32 Å². The summed E-state index contributed by atoms with van der Waals surface area (Å²) in [6.45, 7) is 16.4. The van der Waals surface area contributed by atoms with E-state index >= 15 is 0 Å². The first kappa shape index (κ1) is 23.9. The third-order valence-corrected chi connectivity index (χ3v) is 4.33. The molecule has 0 saturated carbocycles. The van der Waals surface area contributed by atoms with Crippen molar-refractivity contribution in [3.8, 4) is 0 Å². The van der Waals surface area contributed by atoms with Gasteiger partial charge in [-0.2, -0.15) is 0 Å². The summed E-state index contributed by atoms with van der Waals surface area (Å²) in [5.74, 6) is -0.122. The predicted molar refractivity (Wildman–Crippen MR) is 131 cm³/mol. The quantitative estimate of drug-likeness (QED) is 0.359. The highest BCUT2D eigenvalue weighted by Gasteiger charge is 2.10. The minimum Gasteiger partial charge on any atom is -0.395 e. The SMILES string of the molecule is C=C/C(C)=N\OCC(C)(C)C.Cc1ccc(NC(=O)c2cc3cc(C)ccc3[nH]2)cc1. The molecule has 31 heavy (non-hydrogen) atoms. The number of anilines is 1. The molecule has 0 bridgehead atoms. The van der Waals surface area contributed by atoms with Crippen LogP contribution in [0, 0.1) is 19.3 Å². The van der Waals surface area contributed by atoms with Crippen molar-refractivity contribution in [1.82, 2.24) is 4.98 Å². The number of nitrogens with zero attached hydrogens (tertiary/aromatic N) is 1. The number of hydrogen-bond acceptors (Lipinski definition) is 3. The van der Waals surface area contributed by atoms with E-state index in [1.807, 2.05) is 63.2 Å². The summed E-state index contributed by atoms with van der Waals surface area (Å²) in [4.78, 5) is 20.4. The molecule has 1 aromatic heterocycles. The maximum absolute atomic E-state index is 12.2. The Balaban J connectivity index is 0.000000267. The van der Waals surface area contributed by atoms with E-state index in [9.17, 15) is 4.79 Å². The summed E-state index contributed by atoms with van der Waals surface area (Å²) >= 11 is 0. The maximum Gasteiger partial charge on any atom is 0.272 e. The minimum atomic E-state index is -0.122. The first-order chi connectivity index (χ1) is 14.6. The van der Waals surface area contributed by atoms with Crippen LogP contribution in [-0.2, 0) is 4.84 Å². The lowest BCUT2D eigenvalue weighted by molar-refractivity contribution is 0.0772. The number of allylic oxidation sites excluding steroid dienone is 1. The van der Waals surface area contributed by atoms with E-state index in [2.05, 4.69) is 48.9 Å². The molecule has 0 spiro atoms. The van der Waals surface area contributed by atoms with Gasteiger partial charge < -0.3 is 15.1 Å². The summed E-state index contributed by atoms with van der Waals surface area (Å²) in [7, 11) is 0. The second-order valence-corrected chi connectivity index (χ2v) is 8.86. The van der Waals surface area contributed by atoms with Crippen LogP contribution in [0.4, 0.5) is 5.69 Å². The Morgan fingerprint density at radius 3 is 2.35 bits per heavy atom. The molecule has 2 aromatic carbocycles. The molecule has 0 aliphatic heterocycles. The van der Waals surface area contributed by atoms with E-state index in [4.69, 9.17) is 4.84 Å². The first-order valence-electron chi connectivity index (χ1n) is 10.3. The Morgan fingerprint density at radius 1 is 1.10 bits per heavy atom. The van der Waals surface area contributed by atoms with Crippen molar-refractivity contribution in [3.63, 3.8) is 0 Å². The normalized spacial score (nSPS) is 11.5. The van der Waals surface area contributed by atoms with Gasteiger partial charge in [0.1, 0.15) is 12.3 Å². The monoisotopic (exact) mass is 419 g/mol. The second kappa shape index (κ2) is 10.6. The Labute approximate surface area is 185 Å². The molecule has 3 rings (SSSR count). The highest BCUT2D eigenvalue weighted by atomic mass is 16.6. The number of oxime groups is 1. The smallest absolute Gasteiger partial charge is 0.272 e. The Morgan fingerprint density at radius 2 is 1.74 bits per heavy atom. The van der Waals surface area contributed by atoms with Crippen molar-refractivity contribution in [2.45, 2.75) is 41.5 Å². The molecule has 0 saturated heterocycles. The number of aromatic amines is 1. The van der Waals surface area contributed by atoms with E-state index < -0.39 is 0 Å². The lowest BCUT2D eigenvalue weighted by Crippen LogP contribution is -2.12. The van der Waals surface area contributed by atoms with Gasteiger partial charge in [-0.05, 0) is 62.6 Å². The molecule has 5 nitrogen and oxygen atoms in total. The number of H-pyrrole nitrogens is 1. The zero-order valence-electron chi connectivity index (χ0n) is 19.4. The molecular formula is C26H33N3O2. The van der Waals surface area contributed by atoms with Crippen molar-refractivity contribution in [2.24, 2.45) is 10.6 Å². The number of carbonyl (C=O) groups is 1. The van der Waals surface area contributed by atoms with Crippen molar-refractivity contribution >= 4 is 28.2 Å². The Hall–Kier alpha value is -3.34. The Bertz CT molecular complexity index is 1050. The van der Waals surface area contributed by atoms with Crippen LogP contribution in [0.2, 0.25) is 0 Å². The molecule has 2 N–H and O–H groups in total. The van der Waals surface area contributed by atoms with Gasteiger partial charge in [0.15, 0.2) is 0 Å². The van der Waals surface area contributed by atoms with Crippen LogP contribution in [0.3, 0.4) is 0 Å². The van der Waals surface area contributed by atoms with Gasteiger partial charge >= 0.3 is 0 Å². The van der Waals surface area contributed by atoms with Crippen LogP contribution in [0.25, 0.3) is 10.9 Å².